The summed E-state index contributed by atoms with van der Waals surface area (Å²) in [6.45, 7) is 0. The molecule has 1 N–H and O–H groups in total. The Morgan fingerprint density at radius 2 is 1.95 bits per heavy atom. The van der Waals surface area contributed by atoms with Crippen molar-refractivity contribution in [2.45, 2.75) is 0 Å². The molecule has 2 nitrogen and oxygen atoms in total. The van der Waals surface area contributed by atoms with Crippen LogP contribution in [0.3, 0.4) is 0 Å². The molecule has 1 heterocycles. The van der Waals surface area contributed by atoms with E-state index in [1.807, 2.05) is 24.3 Å². The summed E-state index contributed by atoms with van der Waals surface area (Å²) in [5.74, 6) is -0.0266. The predicted molar refractivity (Wildman–Crippen MR) is 93.6 cm³/mol. The normalized spacial score (nSPS) is 10.9. The van der Waals surface area contributed by atoms with Crippen LogP contribution in [-0.2, 0) is 0 Å². The first kappa shape index (κ1) is 14.1. The third-order valence-electron chi connectivity index (χ3n) is 3.06. The van der Waals surface area contributed by atoms with E-state index in [1.54, 1.807) is 18.3 Å². The lowest BCUT2D eigenvalue weighted by atomic mass is 10.0. The Morgan fingerprint density at radius 1 is 1.15 bits per heavy atom. The zero-order valence-corrected chi connectivity index (χ0v) is 14.6. The van der Waals surface area contributed by atoms with Gasteiger partial charge in [0.25, 0.3) is 0 Å². The molecule has 1 aromatic heterocycles. The van der Waals surface area contributed by atoms with Gasteiger partial charge in [0.15, 0.2) is 5.78 Å². The van der Waals surface area contributed by atoms with Crippen LogP contribution in [0, 0.1) is 3.57 Å². The zero-order valence-electron chi connectivity index (χ0n) is 10.1. The van der Waals surface area contributed by atoms with E-state index in [4.69, 9.17) is 11.6 Å². The average Bonchev–Trinajstić information content (AvgIpc) is 2.83. The zero-order chi connectivity index (χ0) is 14.3. The highest BCUT2D eigenvalue weighted by molar-refractivity contribution is 14.1. The second-order valence-corrected chi connectivity index (χ2v) is 6.86. The van der Waals surface area contributed by atoms with Gasteiger partial charge in [-0.15, -0.1) is 0 Å². The van der Waals surface area contributed by atoms with E-state index in [-0.39, 0.29) is 5.78 Å². The summed E-state index contributed by atoms with van der Waals surface area (Å²) >= 11 is 11.6. The second-order valence-electron chi connectivity index (χ2n) is 4.35. The highest BCUT2D eigenvalue weighted by atomic mass is 127. The standard InChI is InChI=1S/C15H8BrClINO/c16-8-1-4-14-10(5-8)12(7-19-14)15(20)11-6-9(17)2-3-13(11)18/h1-7,19H. The largest absolute Gasteiger partial charge is 0.360 e. The fourth-order valence-corrected chi connectivity index (χ4v) is 3.21. The molecule has 3 rings (SSSR count). The van der Waals surface area contributed by atoms with Gasteiger partial charge in [-0.25, -0.2) is 0 Å². The van der Waals surface area contributed by atoms with E-state index in [0.717, 1.165) is 18.9 Å². The van der Waals surface area contributed by atoms with Crippen LogP contribution in [0.2, 0.25) is 5.02 Å². The number of aromatic amines is 1. The first-order valence-electron chi connectivity index (χ1n) is 5.82. The fraction of sp³-hybridized carbons (Fsp3) is 0. The van der Waals surface area contributed by atoms with E-state index in [2.05, 4.69) is 43.5 Å². The van der Waals surface area contributed by atoms with Crippen molar-refractivity contribution >= 4 is 66.8 Å². The van der Waals surface area contributed by atoms with Crippen LogP contribution >= 0.6 is 50.1 Å². The van der Waals surface area contributed by atoms with Crippen molar-refractivity contribution in [3.8, 4) is 0 Å². The molecule has 2 aromatic carbocycles. The van der Waals surface area contributed by atoms with Crippen molar-refractivity contribution in [2.24, 2.45) is 0 Å². The van der Waals surface area contributed by atoms with Crippen molar-refractivity contribution in [3.05, 3.63) is 66.8 Å². The molecular formula is C15H8BrClINO. The van der Waals surface area contributed by atoms with E-state index in [0.29, 0.717) is 16.1 Å². The molecule has 0 atom stereocenters. The summed E-state index contributed by atoms with van der Waals surface area (Å²) in [6.07, 6.45) is 1.75. The van der Waals surface area contributed by atoms with Crippen LogP contribution in [0.15, 0.2) is 47.1 Å². The lowest BCUT2D eigenvalue weighted by Gasteiger charge is -2.04. The molecule has 0 aliphatic heterocycles. The van der Waals surface area contributed by atoms with E-state index in [9.17, 15) is 4.79 Å². The van der Waals surface area contributed by atoms with E-state index < -0.39 is 0 Å². The van der Waals surface area contributed by atoms with Crippen molar-refractivity contribution < 1.29 is 4.79 Å². The summed E-state index contributed by atoms with van der Waals surface area (Å²) in [5.41, 5.74) is 2.22. The number of ketones is 1. The molecule has 0 spiro atoms. The number of hydrogen-bond donors (Lipinski definition) is 1. The Labute approximate surface area is 142 Å². The lowest BCUT2D eigenvalue weighted by Crippen LogP contribution is -2.03. The van der Waals surface area contributed by atoms with Gasteiger partial charge in [-0.05, 0) is 59.0 Å². The summed E-state index contributed by atoms with van der Waals surface area (Å²) in [6, 6.07) is 11.2. The number of carbonyl (C=O) groups excluding carboxylic acids is 1. The highest BCUT2D eigenvalue weighted by Gasteiger charge is 2.17. The van der Waals surface area contributed by atoms with Crippen molar-refractivity contribution in [3.63, 3.8) is 0 Å². The average molecular weight is 460 g/mol. The van der Waals surface area contributed by atoms with Gasteiger partial charge < -0.3 is 4.98 Å². The summed E-state index contributed by atoms with van der Waals surface area (Å²) in [5, 5.41) is 1.47. The molecular weight excluding hydrogens is 452 g/mol. The summed E-state index contributed by atoms with van der Waals surface area (Å²) in [4.78, 5) is 15.8. The van der Waals surface area contributed by atoms with Gasteiger partial charge >= 0.3 is 0 Å². The number of fused-ring (bicyclic) bond motifs is 1. The van der Waals surface area contributed by atoms with Crippen molar-refractivity contribution in [1.29, 1.82) is 0 Å². The maximum absolute atomic E-state index is 12.7. The smallest absolute Gasteiger partial charge is 0.196 e. The third kappa shape index (κ3) is 2.52. The molecule has 0 saturated carbocycles. The van der Waals surface area contributed by atoms with Gasteiger partial charge in [-0.2, -0.15) is 0 Å². The predicted octanol–water partition coefficient (Wildman–Crippen LogP) is 5.42. The maximum atomic E-state index is 12.7. The van der Waals surface area contributed by atoms with Crippen LogP contribution in [0.5, 0.6) is 0 Å². The van der Waals surface area contributed by atoms with E-state index in [1.165, 1.54) is 0 Å². The van der Waals surface area contributed by atoms with Gasteiger partial charge in [0.2, 0.25) is 0 Å². The number of benzene rings is 2. The molecule has 0 fully saturated rings. The molecule has 0 bridgehead atoms. The minimum Gasteiger partial charge on any atom is -0.360 e. The van der Waals surface area contributed by atoms with Gasteiger partial charge in [-0.1, -0.05) is 27.5 Å². The SMILES string of the molecule is O=C(c1cc(Cl)ccc1I)c1c[nH]c2ccc(Br)cc12. The second kappa shape index (κ2) is 5.50. The lowest BCUT2D eigenvalue weighted by molar-refractivity contribution is 0.103. The molecule has 0 amide bonds. The number of rotatable bonds is 2. The molecule has 3 aromatic rings. The number of nitrogens with one attached hydrogen (secondary N) is 1. The molecule has 5 heteroatoms. The monoisotopic (exact) mass is 459 g/mol. The van der Waals surface area contributed by atoms with Crippen molar-refractivity contribution in [1.82, 2.24) is 4.98 Å². The third-order valence-corrected chi connectivity index (χ3v) is 4.73. The van der Waals surface area contributed by atoms with Crippen LogP contribution in [0.4, 0.5) is 0 Å². The quantitative estimate of drug-likeness (QED) is 0.402. The van der Waals surface area contributed by atoms with Gasteiger partial charge in [0, 0.05) is 41.3 Å². The number of aromatic nitrogens is 1. The minimum absolute atomic E-state index is 0.0266. The highest BCUT2D eigenvalue weighted by Crippen LogP contribution is 2.27. The summed E-state index contributed by atoms with van der Waals surface area (Å²) in [7, 11) is 0. The Kier molecular flexibility index (Phi) is 3.88. The number of hydrogen-bond acceptors (Lipinski definition) is 1. The summed E-state index contributed by atoms with van der Waals surface area (Å²) < 4.78 is 1.83. The van der Waals surface area contributed by atoms with Gasteiger partial charge in [-0.3, -0.25) is 4.79 Å². The Bertz CT molecular complexity index is 828. The van der Waals surface area contributed by atoms with Crippen LogP contribution in [-0.4, -0.2) is 10.8 Å². The number of carbonyl (C=O) groups is 1. The Balaban J connectivity index is 2.17. The number of H-pyrrole nitrogens is 1. The Morgan fingerprint density at radius 3 is 2.75 bits per heavy atom. The first-order chi connectivity index (χ1) is 9.56. The van der Waals surface area contributed by atoms with Crippen molar-refractivity contribution in [2.75, 3.05) is 0 Å². The molecule has 0 saturated heterocycles. The molecule has 0 aliphatic carbocycles. The molecule has 0 radical (unpaired) electrons. The first-order valence-corrected chi connectivity index (χ1v) is 8.07. The van der Waals surface area contributed by atoms with Gasteiger partial charge in [0.05, 0.1) is 0 Å². The molecule has 0 unspecified atom stereocenters. The van der Waals surface area contributed by atoms with E-state index >= 15 is 0 Å². The molecule has 100 valence electrons. The van der Waals surface area contributed by atoms with Crippen LogP contribution < -0.4 is 0 Å². The van der Waals surface area contributed by atoms with Gasteiger partial charge in [0.1, 0.15) is 0 Å². The number of halogens is 3. The Hall–Kier alpha value is -0.850. The molecule has 20 heavy (non-hydrogen) atoms. The maximum Gasteiger partial charge on any atom is 0.196 e. The van der Waals surface area contributed by atoms with Crippen LogP contribution in [0.1, 0.15) is 15.9 Å². The topological polar surface area (TPSA) is 32.9 Å². The molecule has 0 aliphatic rings. The fourth-order valence-electron chi connectivity index (χ4n) is 2.10. The van der Waals surface area contributed by atoms with Crippen LogP contribution in [0.25, 0.3) is 10.9 Å². The minimum atomic E-state index is -0.0266.